The number of anilines is 2. The number of ketones is 1. The van der Waals surface area contributed by atoms with Crippen molar-refractivity contribution < 1.29 is 9.59 Å². The van der Waals surface area contributed by atoms with Crippen LogP contribution in [0.3, 0.4) is 0 Å². The molecule has 7 nitrogen and oxygen atoms in total. The molecule has 230 valence electrons. The van der Waals surface area contributed by atoms with Crippen molar-refractivity contribution in [3.8, 4) is 5.69 Å². The van der Waals surface area contributed by atoms with Crippen molar-refractivity contribution in [2.24, 2.45) is 5.92 Å². The molecule has 1 aliphatic rings. The second kappa shape index (κ2) is 13.4. The summed E-state index contributed by atoms with van der Waals surface area (Å²) in [4.78, 5) is 27.2. The first kappa shape index (κ1) is 31.5. The molecule has 2 unspecified atom stereocenters. The van der Waals surface area contributed by atoms with Gasteiger partial charge in [0.15, 0.2) is 0 Å². The predicted molar refractivity (Wildman–Crippen MR) is 179 cm³/mol. The predicted octanol–water partition coefficient (Wildman–Crippen LogP) is 8.23. The molecule has 2 atom stereocenters. The number of hydrogen-bond donors (Lipinski definition) is 3. The average molecular weight is 612 g/mol. The summed E-state index contributed by atoms with van der Waals surface area (Å²) in [5.41, 5.74) is 5.29. The molecule has 8 heteroatoms. The fourth-order valence-electron chi connectivity index (χ4n) is 5.80. The van der Waals surface area contributed by atoms with Gasteiger partial charge in [0.25, 0.3) is 0 Å². The van der Waals surface area contributed by atoms with Crippen molar-refractivity contribution in [2.45, 2.75) is 64.7 Å². The summed E-state index contributed by atoms with van der Waals surface area (Å²) in [6.07, 6.45) is 1.88. The lowest BCUT2D eigenvalue weighted by molar-refractivity contribution is -0.123. The van der Waals surface area contributed by atoms with Crippen LogP contribution in [0.2, 0.25) is 5.02 Å². The molecular weight excluding hydrogens is 570 g/mol. The first-order valence-electron chi connectivity index (χ1n) is 15.3. The van der Waals surface area contributed by atoms with Gasteiger partial charge in [-0.1, -0.05) is 81.3 Å². The number of carbonyl (C=O) groups excluding carboxylic acids is 2. The van der Waals surface area contributed by atoms with Crippen LogP contribution in [0.1, 0.15) is 74.8 Å². The van der Waals surface area contributed by atoms with Crippen molar-refractivity contribution in [1.29, 1.82) is 0 Å². The largest absolute Gasteiger partial charge is 0.324 e. The fourth-order valence-corrected chi connectivity index (χ4v) is 5.93. The molecule has 3 N–H and O–H groups in total. The van der Waals surface area contributed by atoms with E-state index in [1.54, 1.807) is 4.68 Å². The first-order valence-corrected chi connectivity index (χ1v) is 15.7. The van der Waals surface area contributed by atoms with Gasteiger partial charge < -0.3 is 10.6 Å². The van der Waals surface area contributed by atoms with Gasteiger partial charge >= 0.3 is 6.03 Å². The smallest absolute Gasteiger partial charge is 0.317 e. The van der Waals surface area contributed by atoms with Gasteiger partial charge in [-0.25, -0.2) is 9.48 Å². The van der Waals surface area contributed by atoms with E-state index in [2.05, 4.69) is 36.7 Å². The number of benzene rings is 3. The molecule has 0 saturated carbocycles. The SMILES string of the molecule is Cc1ccc(-n2nc(C(C)(C)C)cc2NC(=O)Nc2ccc(C(C(=O)C(C)c3ccc(Cl)cc3)C3CCNCC3)cc2)cc1. The van der Waals surface area contributed by atoms with E-state index < -0.39 is 0 Å². The summed E-state index contributed by atoms with van der Waals surface area (Å²) in [6, 6.07) is 24.8. The van der Waals surface area contributed by atoms with Crippen molar-refractivity contribution in [3.63, 3.8) is 0 Å². The van der Waals surface area contributed by atoms with Crippen LogP contribution in [0.15, 0.2) is 78.9 Å². The van der Waals surface area contributed by atoms with Gasteiger partial charge in [-0.05, 0) is 86.3 Å². The van der Waals surface area contributed by atoms with Gasteiger partial charge in [0.05, 0.1) is 11.4 Å². The summed E-state index contributed by atoms with van der Waals surface area (Å²) >= 11 is 6.10. The van der Waals surface area contributed by atoms with Crippen LogP contribution in [0.25, 0.3) is 5.69 Å². The Labute approximate surface area is 265 Å². The Morgan fingerprint density at radius 1 is 0.909 bits per heavy atom. The lowest BCUT2D eigenvalue weighted by Crippen LogP contribution is -2.35. The maximum Gasteiger partial charge on any atom is 0.324 e. The monoisotopic (exact) mass is 611 g/mol. The number of amides is 2. The van der Waals surface area contributed by atoms with E-state index in [4.69, 9.17) is 16.7 Å². The number of piperidine rings is 1. The Balaban J connectivity index is 1.34. The average Bonchev–Trinajstić information content (AvgIpc) is 3.43. The zero-order valence-electron chi connectivity index (χ0n) is 26.2. The highest BCUT2D eigenvalue weighted by Crippen LogP contribution is 2.37. The number of urea groups is 1. The second-order valence-corrected chi connectivity index (χ2v) is 13.3. The minimum absolute atomic E-state index is 0.188. The highest BCUT2D eigenvalue weighted by Gasteiger charge is 2.34. The van der Waals surface area contributed by atoms with E-state index in [-0.39, 0.29) is 35.0 Å². The summed E-state index contributed by atoms with van der Waals surface area (Å²) in [5, 5.41) is 14.8. The summed E-state index contributed by atoms with van der Waals surface area (Å²) in [5.74, 6) is 0.550. The number of halogens is 1. The van der Waals surface area contributed by atoms with Gasteiger partial charge in [0.1, 0.15) is 11.6 Å². The van der Waals surface area contributed by atoms with Crippen molar-refractivity contribution >= 4 is 34.9 Å². The zero-order chi connectivity index (χ0) is 31.4. The summed E-state index contributed by atoms with van der Waals surface area (Å²) in [6.45, 7) is 12.1. The number of rotatable bonds is 8. The molecule has 1 fully saturated rings. The Bertz CT molecular complexity index is 1580. The lowest BCUT2D eigenvalue weighted by Gasteiger charge is -2.32. The van der Waals surface area contributed by atoms with Crippen LogP contribution in [0, 0.1) is 12.8 Å². The van der Waals surface area contributed by atoms with E-state index in [1.165, 1.54) is 0 Å². The molecule has 0 spiro atoms. The molecule has 1 aromatic heterocycles. The van der Waals surface area contributed by atoms with Gasteiger partial charge in [-0.3, -0.25) is 10.1 Å². The van der Waals surface area contributed by atoms with Gasteiger partial charge in [0, 0.05) is 34.0 Å². The number of aryl methyl sites for hydroxylation is 1. The number of nitrogens with zero attached hydrogens (tertiary/aromatic N) is 2. The Kier molecular flexibility index (Phi) is 9.56. The molecule has 1 saturated heterocycles. The molecule has 3 aromatic carbocycles. The van der Waals surface area contributed by atoms with Crippen LogP contribution < -0.4 is 16.0 Å². The molecule has 0 aliphatic carbocycles. The molecular formula is C36H42ClN5O2. The molecule has 0 radical (unpaired) electrons. The highest BCUT2D eigenvalue weighted by atomic mass is 35.5. The van der Waals surface area contributed by atoms with Crippen LogP contribution in [-0.2, 0) is 10.2 Å². The van der Waals surface area contributed by atoms with Crippen LogP contribution in [0.4, 0.5) is 16.3 Å². The quantitative estimate of drug-likeness (QED) is 0.187. The van der Waals surface area contributed by atoms with Gasteiger partial charge in [-0.15, -0.1) is 0 Å². The summed E-state index contributed by atoms with van der Waals surface area (Å²) < 4.78 is 1.76. The maximum absolute atomic E-state index is 14.0. The second-order valence-electron chi connectivity index (χ2n) is 12.9. The van der Waals surface area contributed by atoms with Crippen LogP contribution >= 0.6 is 11.6 Å². The van der Waals surface area contributed by atoms with E-state index in [0.717, 1.165) is 54.0 Å². The topological polar surface area (TPSA) is 88.1 Å². The number of nitrogens with one attached hydrogen (secondary N) is 3. The molecule has 5 rings (SSSR count). The minimum Gasteiger partial charge on any atom is -0.317 e. The third-order valence-electron chi connectivity index (χ3n) is 8.48. The van der Waals surface area contributed by atoms with Crippen molar-refractivity contribution in [1.82, 2.24) is 15.1 Å². The number of aromatic nitrogens is 2. The van der Waals surface area contributed by atoms with E-state index in [1.807, 2.05) is 92.7 Å². The van der Waals surface area contributed by atoms with Gasteiger partial charge in [0.2, 0.25) is 0 Å². The van der Waals surface area contributed by atoms with Gasteiger partial charge in [-0.2, -0.15) is 5.10 Å². The normalized spacial score (nSPS) is 15.4. The van der Waals surface area contributed by atoms with Crippen molar-refractivity contribution in [2.75, 3.05) is 23.7 Å². The standard InChI is InChI=1S/C36H42ClN5O2/c1-23-6-16-30(17-7-23)42-32(22-31(41-42)36(3,4)5)40-35(44)39-29-14-10-26(11-15-29)33(27-18-20-38-21-19-27)34(43)24(2)25-8-12-28(37)13-9-25/h6-17,22,24,27,33,38H,18-21H2,1-5H3,(H2,39,40,44). The number of carbonyl (C=O) groups is 2. The number of Topliss-reactive ketones (excluding diaryl/α,β-unsaturated/α-hetero) is 1. The maximum atomic E-state index is 14.0. The molecule has 0 bridgehead atoms. The molecule has 4 aromatic rings. The van der Waals surface area contributed by atoms with E-state index >= 15 is 0 Å². The number of hydrogen-bond acceptors (Lipinski definition) is 4. The highest BCUT2D eigenvalue weighted by molar-refractivity contribution is 6.30. The van der Waals surface area contributed by atoms with Crippen LogP contribution in [0.5, 0.6) is 0 Å². The minimum atomic E-state index is -0.367. The molecule has 44 heavy (non-hydrogen) atoms. The molecule has 2 amide bonds. The summed E-state index contributed by atoms with van der Waals surface area (Å²) in [7, 11) is 0. The lowest BCUT2D eigenvalue weighted by atomic mass is 9.74. The third-order valence-corrected chi connectivity index (χ3v) is 8.74. The third kappa shape index (κ3) is 7.40. The first-order chi connectivity index (χ1) is 21.0. The Morgan fingerprint density at radius 3 is 2.14 bits per heavy atom. The van der Waals surface area contributed by atoms with Crippen molar-refractivity contribution in [3.05, 3.63) is 106 Å². The van der Waals surface area contributed by atoms with E-state index in [0.29, 0.717) is 16.5 Å². The molecule has 1 aliphatic heterocycles. The Hall–Kier alpha value is -3.94. The fraction of sp³-hybridized carbons (Fsp3) is 0.361. The van der Waals surface area contributed by atoms with E-state index in [9.17, 15) is 9.59 Å². The van der Waals surface area contributed by atoms with Crippen LogP contribution in [-0.4, -0.2) is 34.7 Å². The zero-order valence-corrected chi connectivity index (χ0v) is 26.9. The molecule has 2 heterocycles. The Morgan fingerprint density at radius 2 is 1.52 bits per heavy atom.